The molecule has 1 aliphatic rings. The van der Waals surface area contributed by atoms with Gasteiger partial charge >= 0.3 is 33.3 Å². The third kappa shape index (κ3) is 25.6. The molecular formula is C43H73N3O16P2. The average molecular weight is 950 g/mol. The van der Waals surface area contributed by atoms with Gasteiger partial charge in [0, 0.05) is 19.0 Å². The van der Waals surface area contributed by atoms with Crippen LogP contribution in [0.3, 0.4) is 0 Å². The SMILES string of the molecule is CC/C=C/CC(O)/C=C/C=C/CCCCCCCC(=O)OC[C@H](COP(=O)(O)OP(=O)(O)OC[C@H]1O[C@@H](n2ccc(N)nc2=O)[C@H](O)[C@@H]1O)OC(=O)CCCCCCCCCC(C)C. The number of hydrogen-bond donors (Lipinski definition) is 6. The molecule has 1 aromatic heterocycles. The number of ether oxygens (including phenoxy) is 3. The van der Waals surface area contributed by atoms with E-state index in [-0.39, 0.29) is 18.7 Å². The van der Waals surface area contributed by atoms with Crippen molar-refractivity contribution in [1.82, 2.24) is 9.55 Å². The third-order valence-corrected chi connectivity index (χ3v) is 12.6. The van der Waals surface area contributed by atoms with Gasteiger partial charge in [-0.05, 0) is 50.5 Å². The number of allylic oxidation sites excluding steroid dienone is 4. The van der Waals surface area contributed by atoms with Gasteiger partial charge in [-0.15, -0.1) is 0 Å². The van der Waals surface area contributed by atoms with Crippen LogP contribution in [0.1, 0.15) is 143 Å². The van der Waals surface area contributed by atoms with Crippen LogP contribution in [0.2, 0.25) is 0 Å². The van der Waals surface area contributed by atoms with Crippen LogP contribution in [0.5, 0.6) is 0 Å². The molecule has 366 valence electrons. The van der Waals surface area contributed by atoms with E-state index in [2.05, 4.69) is 23.1 Å². The van der Waals surface area contributed by atoms with Crippen molar-refractivity contribution in [2.24, 2.45) is 5.92 Å². The van der Waals surface area contributed by atoms with E-state index < -0.39 is 89.8 Å². The highest BCUT2D eigenvalue weighted by atomic mass is 31.3. The molecule has 1 aromatic rings. The zero-order valence-electron chi connectivity index (χ0n) is 37.6. The van der Waals surface area contributed by atoms with Crippen LogP contribution in [-0.2, 0) is 46.3 Å². The minimum atomic E-state index is -5.43. The number of phosphoric acid groups is 2. The molecule has 21 heteroatoms. The summed E-state index contributed by atoms with van der Waals surface area (Å²) >= 11 is 0. The number of carbonyl (C=O) groups is 2. The molecule has 8 atom stereocenters. The van der Waals surface area contributed by atoms with E-state index in [1.165, 1.54) is 18.9 Å². The molecule has 2 rings (SSSR count). The van der Waals surface area contributed by atoms with Crippen LogP contribution in [0, 0.1) is 5.92 Å². The number of aliphatic hydroxyl groups excluding tert-OH is 3. The first-order chi connectivity index (χ1) is 30.4. The van der Waals surface area contributed by atoms with Crippen LogP contribution in [-0.4, -0.2) is 96.9 Å². The molecular weight excluding hydrogens is 876 g/mol. The molecule has 0 bridgehead atoms. The highest BCUT2D eigenvalue weighted by molar-refractivity contribution is 7.61. The van der Waals surface area contributed by atoms with Crippen LogP contribution in [0.25, 0.3) is 0 Å². The molecule has 19 nitrogen and oxygen atoms in total. The first kappa shape index (κ1) is 57.1. The molecule has 1 aliphatic heterocycles. The topological polar surface area (TPSA) is 286 Å². The fraction of sp³-hybridized carbons (Fsp3) is 0.721. The first-order valence-electron chi connectivity index (χ1n) is 22.5. The Bertz CT molecular complexity index is 1740. The smallest absolute Gasteiger partial charge is 0.462 e. The molecule has 64 heavy (non-hydrogen) atoms. The predicted molar refractivity (Wildman–Crippen MR) is 239 cm³/mol. The van der Waals surface area contributed by atoms with E-state index in [0.29, 0.717) is 25.2 Å². The quantitative estimate of drug-likeness (QED) is 0.0133. The van der Waals surface area contributed by atoms with Crippen LogP contribution in [0.4, 0.5) is 5.82 Å². The van der Waals surface area contributed by atoms with Crippen molar-refractivity contribution in [3.05, 3.63) is 59.2 Å². The highest BCUT2D eigenvalue weighted by Crippen LogP contribution is 2.60. The van der Waals surface area contributed by atoms with Crippen LogP contribution < -0.4 is 11.4 Å². The summed E-state index contributed by atoms with van der Waals surface area (Å²) in [4.78, 5) is 61.6. The lowest BCUT2D eigenvalue weighted by atomic mass is 10.0. The number of rotatable bonds is 35. The number of esters is 2. The number of nitrogens with two attached hydrogens (primary N) is 1. The molecule has 1 saturated heterocycles. The number of carbonyl (C=O) groups excluding carboxylic acids is 2. The number of aliphatic hydroxyl groups is 3. The van der Waals surface area contributed by atoms with Gasteiger partial charge in [0.05, 0.1) is 19.3 Å². The Labute approximate surface area is 377 Å². The monoisotopic (exact) mass is 949 g/mol. The maximum absolute atomic E-state index is 12.8. The van der Waals surface area contributed by atoms with Crippen molar-refractivity contribution in [1.29, 1.82) is 0 Å². The Morgan fingerprint density at radius 1 is 0.859 bits per heavy atom. The number of hydrogen-bond acceptors (Lipinski definition) is 16. The maximum Gasteiger partial charge on any atom is 0.481 e. The molecule has 7 N–H and O–H groups in total. The van der Waals surface area contributed by atoms with Gasteiger partial charge < -0.3 is 45.1 Å². The van der Waals surface area contributed by atoms with E-state index >= 15 is 0 Å². The average Bonchev–Trinajstić information content (AvgIpc) is 3.50. The Balaban J connectivity index is 1.84. The summed E-state index contributed by atoms with van der Waals surface area (Å²) in [5.41, 5.74) is 4.57. The van der Waals surface area contributed by atoms with E-state index in [1.807, 2.05) is 37.3 Å². The second-order valence-electron chi connectivity index (χ2n) is 16.2. The standard InChI is InChI=1S/C43H73N3O16P2/c1-4-5-18-24-34(47)25-20-15-11-7-6-8-12-16-21-26-38(48)57-30-35(60-39(49)27-22-17-13-9-10-14-19-23-33(2)3)31-58-63(53,54)62-64(55,56)59-32-36-40(50)41(51)42(61-36)46-29-28-37(44)45-43(46)52/h5,11,15,18,20,25,28-29,33-36,40-42,47,50-51H,4,6-10,12-14,16-17,19,21-24,26-27,30-32H2,1-3H3,(H,53,54)(H,55,56)(H2,44,45,52)/b15-11+,18-5+,25-20+/t34?,35-,36-,40-,41-,42-/m1/s1. The van der Waals surface area contributed by atoms with Gasteiger partial charge in [0.15, 0.2) is 12.3 Å². The van der Waals surface area contributed by atoms with Gasteiger partial charge in [-0.25, -0.2) is 13.9 Å². The summed E-state index contributed by atoms with van der Waals surface area (Å²) in [7, 11) is -10.9. The van der Waals surface area contributed by atoms with Crippen LogP contribution >= 0.6 is 15.6 Å². The lowest BCUT2D eigenvalue weighted by molar-refractivity contribution is -0.161. The maximum atomic E-state index is 12.8. The Morgan fingerprint density at radius 3 is 2.14 bits per heavy atom. The fourth-order valence-corrected chi connectivity index (χ4v) is 8.58. The number of nitrogens with zero attached hydrogens (tertiary/aromatic N) is 2. The second-order valence-corrected chi connectivity index (χ2v) is 19.2. The van der Waals surface area contributed by atoms with E-state index in [9.17, 15) is 48.6 Å². The lowest BCUT2D eigenvalue weighted by Crippen LogP contribution is -2.36. The molecule has 0 amide bonds. The molecule has 3 unspecified atom stereocenters. The van der Waals surface area contributed by atoms with Crippen molar-refractivity contribution in [2.75, 3.05) is 25.6 Å². The number of anilines is 1. The van der Waals surface area contributed by atoms with Gasteiger partial charge in [0.2, 0.25) is 0 Å². The number of phosphoric ester groups is 2. The number of unbranched alkanes of at least 4 members (excludes halogenated alkanes) is 11. The Kier molecular flexibility index (Phi) is 28.3. The van der Waals surface area contributed by atoms with Crippen molar-refractivity contribution < 1.29 is 71.4 Å². The number of nitrogen functional groups attached to an aromatic ring is 1. The zero-order valence-corrected chi connectivity index (χ0v) is 39.4. The molecule has 0 saturated carbocycles. The Hall–Kier alpha value is -3.06. The van der Waals surface area contributed by atoms with Crippen LogP contribution in [0.15, 0.2) is 53.5 Å². The molecule has 1 fully saturated rings. The first-order valence-corrected chi connectivity index (χ1v) is 25.5. The highest BCUT2D eigenvalue weighted by Gasteiger charge is 2.46. The third-order valence-electron chi connectivity index (χ3n) is 10.00. The molecule has 0 radical (unpaired) electrons. The van der Waals surface area contributed by atoms with E-state index in [0.717, 1.165) is 81.4 Å². The summed E-state index contributed by atoms with van der Waals surface area (Å²) < 4.78 is 56.5. The summed E-state index contributed by atoms with van der Waals surface area (Å²) in [6, 6.07) is 1.24. The zero-order chi connectivity index (χ0) is 47.4. The molecule has 0 spiro atoms. The molecule has 0 aliphatic carbocycles. The summed E-state index contributed by atoms with van der Waals surface area (Å²) in [5, 5.41) is 30.7. The normalized spacial score (nSPS) is 20.8. The molecule has 2 heterocycles. The largest absolute Gasteiger partial charge is 0.481 e. The lowest BCUT2D eigenvalue weighted by Gasteiger charge is -2.21. The van der Waals surface area contributed by atoms with Gasteiger partial charge in [-0.1, -0.05) is 121 Å². The Morgan fingerprint density at radius 2 is 1.48 bits per heavy atom. The van der Waals surface area contributed by atoms with Gasteiger partial charge in [0.25, 0.3) is 0 Å². The summed E-state index contributed by atoms with van der Waals surface area (Å²) in [5.74, 6) is -0.680. The fourth-order valence-electron chi connectivity index (χ4n) is 6.47. The van der Waals surface area contributed by atoms with Crippen molar-refractivity contribution in [2.45, 2.75) is 173 Å². The summed E-state index contributed by atoms with van der Waals surface area (Å²) in [6.07, 6.45) is 19.0. The van der Waals surface area contributed by atoms with Crippen molar-refractivity contribution in [3.8, 4) is 0 Å². The van der Waals surface area contributed by atoms with Gasteiger partial charge in [0.1, 0.15) is 30.7 Å². The van der Waals surface area contributed by atoms with Crippen molar-refractivity contribution >= 4 is 33.4 Å². The van der Waals surface area contributed by atoms with Gasteiger partial charge in [-0.2, -0.15) is 9.29 Å². The van der Waals surface area contributed by atoms with E-state index in [4.69, 9.17) is 29.0 Å². The van der Waals surface area contributed by atoms with Crippen molar-refractivity contribution in [3.63, 3.8) is 0 Å². The minimum Gasteiger partial charge on any atom is -0.462 e. The van der Waals surface area contributed by atoms with E-state index in [1.54, 1.807) is 6.08 Å². The minimum absolute atomic E-state index is 0.0332. The number of aromatic nitrogens is 2. The summed E-state index contributed by atoms with van der Waals surface area (Å²) in [6.45, 7) is 4.09. The van der Waals surface area contributed by atoms with Gasteiger partial charge in [-0.3, -0.25) is 23.2 Å². The molecule has 0 aromatic carbocycles. The second kappa shape index (κ2) is 31.8. The predicted octanol–water partition coefficient (Wildman–Crippen LogP) is 6.88.